The summed E-state index contributed by atoms with van der Waals surface area (Å²) in [6, 6.07) is 27.0. The number of hydrogen-bond acceptors (Lipinski definition) is 3. The van der Waals surface area contributed by atoms with Crippen LogP contribution in [0.5, 0.6) is 0 Å². The monoisotopic (exact) mass is 508 g/mol. The van der Waals surface area contributed by atoms with Crippen molar-refractivity contribution >= 4 is 35.2 Å². The molecule has 0 unspecified atom stereocenters. The van der Waals surface area contributed by atoms with E-state index in [-0.39, 0.29) is 11.8 Å². The van der Waals surface area contributed by atoms with Gasteiger partial charge in [0.1, 0.15) is 6.04 Å². The fraction of sp³-hybridized carbons (Fsp3) is 0.310. The zero-order valence-corrected chi connectivity index (χ0v) is 21.7. The van der Waals surface area contributed by atoms with Gasteiger partial charge in [0.15, 0.2) is 0 Å². The first kappa shape index (κ1) is 26.8. The first-order valence-corrected chi connectivity index (χ1v) is 13.5. The highest BCUT2D eigenvalue weighted by Crippen LogP contribution is 2.22. The quantitative estimate of drug-likeness (QED) is 0.215. The normalized spacial score (nSPS) is 11.6. The molecule has 0 radical (unpaired) electrons. The van der Waals surface area contributed by atoms with Crippen LogP contribution in [-0.4, -0.2) is 35.1 Å². The Balaban J connectivity index is 1.74. The van der Waals surface area contributed by atoms with Crippen molar-refractivity contribution in [3.05, 3.63) is 101 Å². The number of benzene rings is 3. The molecule has 0 fully saturated rings. The number of halogens is 1. The summed E-state index contributed by atoms with van der Waals surface area (Å²) in [5.41, 5.74) is 2.05. The second-order valence-corrected chi connectivity index (χ2v) is 10.0. The van der Waals surface area contributed by atoms with Gasteiger partial charge in [0.2, 0.25) is 11.8 Å². The van der Waals surface area contributed by atoms with Crippen molar-refractivity contribution in [2.45, 2.75) is 50.1 Å². The Labute approximate surface area is 218 Å². The van der Waals surface area contributed by atoms with Crippen molar-refractivity contribution in [1.29, 1.82) is 0 Å². The van der Waals surface area contributed by atoms with Crippen LogP contribution in [-0.2, 0) is 22.6 Å². The molecule has 184 valence electrons. The minimum Gasteiger partial charge on any atom is -0.354 e. The summed E-state index contributed by atoms with van der Waals surface area (Å²) >= 11 is 7.68. The van der Waals surface area contributed by atoms with Gasteiger partial charge in [0.25, 0.3) is 0 Å². The van der Waals surface area contributed by atoms with E-state index in [1.54, 1.807) is 16.7 Å². The molecular weight excluding hydrogens is 476 g/mol. The molecule has 6 heteroatoms. The zero-order chi connectivity index (χ0) is 24.9. The molecule has 2 amide bonds. The summed E-state index contributed by atoms with van der Waals surface area (Å²) in [5.74, 6) is 0.714. The van der Waals surface area contributed by atoms with Gasteiger partial charge in [0, 0.05) is 35.8 Å². The van der Waals surface area contributed by atoms with Gasteiger partial charge >= 0.3 is 0 Å². The molecule has 0 aliphatic rings. The third-order valence-corrected chi connectivity index (χ3v) is 6.98. The van der Waals surface area contributed by atoms with Crippen molar-refractivity contribution in [1.82, 2.24) is 10.2 Å². The fourth-order valence-electron chi connectivity index (χ4n) is 3.79. The first-order chi connectivity index (χ1) is 17.1. The third kappa shape index (κ3) is 9.08. The average molecular weight is 509 g/mol. The van der Waals surface area contributed by atoms with Gasteiger partial charge in [-0.25, -0.2) is 0 Å². The van der Waals surface area contributed by atoms with Gasteiger partial charge in [-0.1, -0.05) is 79.2 Å². The predicted molar refractivity (Wildman–Crippen MR) is 146 cm³/mol. The summed E-state index contributed by atoms with van der Waals surface area (Å²) in [6.45, 7) is 3.02. The largest absolute Gasteiger partial charge is 0.354 e. The van der Waals surface area contributed by atoms with Crippen LogP contribution in [0.3, 0.4) is 0 Å². The number of nitrogens with zero attached hydrogens (tertiary/aromatic N) is 1. The lowest BCUT2D eigenvalue weighted by Crippen LogP contribution is -2.50. The van der Waals surface area contributed by atoms with Gasteiger partial charge in [-0.15, -0.1) is 11.8 Å². The molecule has 0 spiro atoms. The molecule has 0 heterocycles. The van der Waals surface area contributed by atoms with Crippen molar-refractivity contribution in [2.24, 2.45) is 0 Å². The molecule has 3 aromatic rings. The van der Waals surface area contributed by atoms with Gasteiger partial charge < -0.3 is 10.2 Å². The van der Waals surface area contributed by atoms with E-state index in [1.165, 1.54) is 0 Å². The Bertz CT molecular complexity index is 1050. The first-order valence-electron chi connectivity index (χ1n) is 12.1. The molecule has 3 rings (SSSR count). The SMILES string of the molecule is CCCNC(=O)[C@@H](Cc1ccccc1)N(Cc1ccccc1)C(=O)CCCSc1ccc(Cl)cc1. The predicted octanol–water partition coefficient (Wildman–Crippen LogP) is 6.38. The summed E-state index contributed by atoms with van der Waals surface area (Å²) in [7, 11) is 0. The van der Waals surface area contributed by atoms with E-state index < -0.39 is 6.04 Å². The van der Waals surface area contributed by atoms with E-state index in [0.29, 0.717) is 31.0 Å². The van der Waals surface area contributed by atoms with Crippen LogP contribution in [0.2, 0.25) is 5.02 Å². The highest BCUT2D eigenvalue weighted by atomic mass is 35.5. The second-order valence-electron chi connectivity index (χ2n) is 8.41. The van der Waals surface area contributed by atoms with Crippen molar-refractivity contribution in [2.75, 3.05) is 12.3 Å². The smallest absolute Gasteiger partial charge is 0.243 e. The summed E-state index contributed by atoms with van der Waals surface area (Å²) in [4.78, 5) is 29.7. The summed E-state index contributed by atoms with van der Waals surface area (Å²) in [5, 5.41) is 3.73. The molecule has 0 aliphatic carbocycles. The standard InChI is InChI=1S/C29H33ClN2O2S/c1-2-19-31-29(34)27(21-23-10-5-3-6-11-23)32(22-24-12-7-4-8-13-24)28(33)14-9-20-35-26-17-15-25(30)16-18-26/h3-8,10-13,15-18,27H,2,9,14,19-22H2,1H3,(H,31,34)/t27-/m1/s1. The van der Waals surface area contributed by atoms with Crippen LogP contribution < -0.4 is 5.32 Å². The average Bonchev–Trinajstić information content (AvgIpc) is 2.89. The van der Waals surface area contributed by atoms with Crippen molar-refractivity contribution in [3.8, 4) is 0 Å². The van der Waals surface area contributed by atoms with Crippen LogP contribution in [0, 0.1) is 0 Å². The number of thioether (sulfide) groups is 1. The number of carbonyl (C=O) groups is 2. The maximum atomic E-state index is 13.5. The lowest BCUT2D eigenvalue weighted by Gasteiger charge is -2.31. The van der Waals surface area contributed by atoms with Crippen molar-refractivity contribution < 1.29 is 9.59 Å². The molecule has 4 nitrogen and oxygen atoms in total. The van der Waals surface area contributed by atoms with Crippen molar-refractivity contribution in [3.63, 3.8) is 0 Å². The molecule has 1 atom stereocenters. The van der Waals surface area contributed by atoms with Crippen LogP contribution in [0.4, 0.5) is 0 Å². The molecule has 35 heavy (non-hydrogen) atoms. The Morgan fingerprint density at radius 2 is 1.54 bits per heavy atom. The topological polar surface area (TPSA) is 49.4 Å². The third-order valence-electron chi connectivity index (χ3n) is 5.63. The van der Waals surface area contributed by atoms with E-state index in [0.717, 1.165) is 34.6 Å². The van der Waals surface area contributed by atoms with E-state index >= 15 is 0 Å². The van der Waals surface area contributed by atoms with E-state index in [2.05, 4.69) is 5.32 Å². The van der Waals surface area contributed by atoms with Crippen LogP contribution in [0.15, 0.2) is 89.8 Å². The maximum absolute atomic E-state index is 13.5. The Morgan fingerprint density at radius 3 is 2.17 bits per heavy atom. The van der Waals surface area contributed by atoms with E-state index in [9.17, 15) is 9.59 Å². The van der Waals surface area contributed by atoms with Gasteiger partial charge in [-0.3, -0.25) is 9.59 Å². The molecule has 3 aromatic carbocycles. The van der Waals surface area contributed by atoms with E-state index in [4.69, 9.17) is 11.6 Å². The van der Waals surface area contributed by atoms with Crippen LogP contribution in [0.25, 0.3) is 0 Å². The molecule has 0 bridgehead atoms. The number of rotatable bonds is 13. The molecule has 1 N–H and O–H groups in total. The summed E-state index contributed by atoms with van der Waals surface area (Å²) < 4.78 is 0. The molecule has 0 aromatic heterocycles. The number of hydrogen-bond donors (Lipinski definition) is 1. The number of nitrogens with one attached hydrogen (secondary N) is 1. The Hall–Kier alpha value is -2.76. The minimum absolute atomic E-state index is 0.00172. The second kappa shape index (κ2) is 14.6. The zero-order valence-electron chi connectivity index (χ0n) is 20.2. The van der Waals surface area contributed by atoms with Crippen LogP contribution >= 0.6 is 23.4 Å². The van der Waals surface area contributed by atoms with Gasteiger partial charge in [0.05, 0.1) is 0 Å². The van der Waals surface area contributed by atoms with Crippen LogP contribution in [0.1, 0.15) is 37.3 Å². The molecule has 0 saturated heterocycles. The highest BCUT2D eigenvalue weighted by molar-refractivity contribution is 7.99. The maximum Gasteiger partial charge on any atom is 0.243 e. The van der Waals surface area contributed by atoms with Gasteiger partial charge in [-0.05, 0) is 54.0 Å². The Morgan fingerprint density at radius 1 is 0.914 bits per heavy atom. The number of amides is 2. The minimum atomic E-state index is -0.569. The highest BCUT2D eigenvalue weighted by Gasteiger charge is 2.29. The van der Waals surface area contributed by atoms with E-state index in [1.807, 2.05) is 91.9 Å². The molecule has 0 aliphatic heterocycles. The lowest BCUT2D eigenvalue weighted by molar-refractivity contribution is -0.141. The van der Waals surface area contributed by atoms with Gasteiger partial charge in [-0.2, -0.15) is 0 Å². The summed E-state index contributed by atoms with van der Waals surface area (Å²) in [6.07, 6.45) is 2.44. The molecular formula is C29H33ClN2O2S. The number of carbonyl (C=O) groups excluding carboxylic acids is 2. The Kier molecular flexibility index (Phi) is 11.2. The molecule has 0 saturated carbocycles. The fourth-order valence-corrected chi connectivity index (χ4v) is 4.77. The lowest BCUT2D eigenvalue weighted by atomic mass is 10.0.